The van der Waals surface area contributed by atoms with E-state index in [1.165, 1.54) is 0 Å². The van der Waals surface area contributed by atoms with Gasteiger partial charge in [0.15, 0.2) is 6.10 Å². The third kappa shape index (κ3) is 5.34. The van der Waals surface area contributed by atoms with E-state index in [1.54, 1.807) is 30.6 Å². The molecule has 0 aromatic heterocycles. The molecule has 5 rings (SSSR count). The van der Waals surface area contributed by atoms with Gasteiger partial charge in [0.05, 0.1) is 11.7 Å². The standard InChI is InChI=1S/C29H25NO3S2/c1-32-22-19-17-21(18-20-22)30-26(27(28(30)31)33-23-11-5-2-6-12-23)29(34-24-13-7-3-8-14-24)35-25-15-9-4-10-16-25/h2-20,26-27,29H,1H3/t26-,27-/m0/s1. The van der Waals surface area contributed by atoms with Crippen molar-refractivity contribution in [3.8, 4) is 11.5 Å². The highest BCUT2D eigenvalue weighted by atomic mass is 32.2. The normalized spacial score (nSPS) is 17.2. The molecule has 4 aromatic rings. The van der Waals surface area contributed by atoms with Crippen molar-refractivity contribution in [1.29, 1.82) is 0 Å². The quantitative estimate of drug-likeness (QED) is 0.144. The molecule has 0 unspecified atom stereocenters. The van der Waals surface area contributed by atoms with Crippen LogP contribution in [0, 0.1) is 0 Å². The molecule has 0 bridgehead atoms. The number of nitrogens with zero attached hydrogens (tertiary/aromatic N) is 1. The first-order valence-electron chi connectivity index (χ1n) is 11.4. The van der Waals surface area contributed by atoms with Gasteiger partial charge in [0.1, 0.15) is 17.5 Å². The minimum absolute atomic E-state index is 0.00619. The van der Waals surface area contributed by atoms with Crippen LogP contribution in [0.2, 0.25) is 0 Å². The van der Waals surface area contributed by atoms with Crippen molar-refractivity contribution < 1.29 is 14.3 Å². The summed E-state index contributed by atoms with van der Waals surface area (Å²) in [7, 11) is 1.64. The Labute approximate surface area is 214 Å². The molecule has 176 valence electrons. The van der Waals surface area contributed by atoms with Gasteiger partial charge >= 0.3 is 0 Å². The zero-order valence-electron chi connectivity index (χ0n) is 19.2. The van der Waals surface area contributed by atoms with E-state index >= 15 is 0 Å². The summed E-state index contributed by atoms with van der Waals surface area (Å²) < 4.78 is 11.6. The number of carbonyl (C=O) groups excluding carboxylic acids is 1. The molecule has 1 aliphatic heterocycles. The SMILES string of the molecule is COc1ccc(N2C(=O)[C@@H](Oc3ccccc3)[C@H]2C(Sc2ccccc2)Sc2ccccc2)cc1. The van der Waals surface area contributed by atoms with Crippen LogP contribution in [0.5, 0.6) is 11.5 Å². The van der Waals surface area contributed by atoms with Crippen LogP contribution in [-0.2, 0) is 4.79 Å². The Bertz CT molecular complexity index is 1200. The Morgan fingerprint density at radius 3 is 1.71 bits per heavy atom. The molecule has 0 aliphatic carbocycles. The van der Waals surface area contributed by atoms with E-state index in [0.717, 1.165) is 21.2 Å². The maximum Gasteiger partial charge on any atom is 0.270 e. The van der Waals surface area contributed by atoms with Crippen LogP contribution in [0.4, 0.5) is 5.69 Å². The molecule has 4 nitrogen and oxygen atoms in total. The summed E-state index contributed by atoms with van der Waals surface area (Å²) in [6, 6.07) is 37.6. The molecule has 0 saturated carbocycles. The highest BCUT2D eigenvalue weighted by Gasteiger charge is 2.54. The first-order valence-corrected chi connectivity index (χ1v) is 13.1. The highest BCUT2D eigenvalue weighted by molar-refractivity contribution is 8.17. The van der Waals surface area contributed by atoms with Gasteiger partial charge in [-0.2, -0.15) is 0 Å². The lowest BCUT2D eigenvalue weighted by Crippen LogP contribution is -2.70. The molecular weight excluding hydrogens is 474 g/mol. The molecule has 0 N–H and O–H groups in total. The summed E-state index contributed by atoms with van der Waals surface area (Å²) in [5, 5.41) is 0. The summed E-state index contributed by atoms with van der Waals surface area (Å²) in [6.45, 7) is 0. The van der Waals surface area contributed by atoms with E-state index in [1.807, 2.05) is 95.9 Å². The molecule has 1 amide bonds. The van der Waals surface area contributed by atoms with E-state index in [4.69, 9.17) is 9.47 Å². The van der Waals surface area contributed by atoms with Crippen molar-refractivity contribution in [3.05, 3.63) is 115 Å². The van der Waals surface area contributed by atoms with Gasteiger partial charge in [0, 0.05) is 15.5 Å². The summed E-state index contributed by atoms with van der Waals surface area (Å²) in [6.07, 6.45) is -0.586. The second-order valence-corrected chi connectivity index (χ2v) is 10.7. The fourth-order valence-corrected chi connectivity index (χ4v) is 6.82. The Morgan fingerprint density at radius 1 is 0.686 bits per heavy atom. The molecule has 0 radical (unpaired) electrons. The lowest BCUT2D eigenvalue weighted by Gasteiger charge is -2.49. The first kappa shape index (κ1) is 23.4. The minimum atomic E-state index is -0.586. The van der Waals surface area contributed by atoms with Crippen LogP contribution < -0.4 is 14.4 Å². The number of hydrogen-bond donors (Lipinski definition) is 0. The molecule has 1 heterocycles. The molecule has 4 aromatic carbocycles. The average molecular weight is 500 g/mol. The van der Waals surface area contributed by atoms with Crippen LogP contribution in [-0.4, -0.2) is 29.7 Å². The summed E-state index contributed by atoms with van der Waals surface area (Å²) in [5.74, 6) is 1.40. The molecule has 35 heavy (non-hydrogen) atoms. The maximum absolute atomic E-state index is 13.5. The van der Waals surface area contributed by atoms with Gasteiger partial charge in [-0.05, 0) is 60.7 Å². The fourth-order valence-electron chi connectivity index (χ4n) is 3.99. The second-order valence-electron chi connectivity index (χ2n) is 7.98. The zero-order valence-corrected chi connectivity index (χ0v) is 20.8. The minimum Gasteiger partial charge on any atom is -0.497 e. The summed E-state index contributed by atoms with van der Waals surface area (Å²) >= 11 is 3.51. The second kappa shape index (κ2) is 10.9. The monoisotopic (exact) mass is 499 g/mol. The van der Waals surface area contributed by atoms with E-state index < -0.39 is 6.10 Å². The number of carbonyl (C=O) groups is 1. The Kier molecular flexibility index (Phi) is 7.31. The van der Waals surface area contributed by atoms with Gasteiger partial charge in [0.25, 0.3) is 5.91 Å². The average Bonchev–Trinajstić information content (AvgIpc) is 2.92. The summed E-state index contributed by atoms with van der Waals surface area (Å²) in [4.78, 5) is 17.6. The first-order chi connectivity index (χ1) is 17.2. The lowest BCUT2D eigenvalue weighted by molar-refractivity contribution is -0.134. The van der Waals surface area contributed by atoms with Crippen molar-refractivity contribution >= 4 is 35.1 Å². The predicted octanol–water partition coefficient (Wildman–Crippen LogP) is 6.77. The van der Waals surface area contributed by atoms with Gasteiger partial charge in [-0.3, -0.25) is 9.69 Å². The third-order valence-electron chi connectivity index (χ3n) is 5.72. The Morgan fingerprint density at radius 2 is 1.20 bits per heavy atom. The van der Waals surface area contributed by atoms with Gasteiger partial charge in [-0.1, -0.05) is 54.6 Å². The van der Waals surface area contributed by atoms with Crippen LogP contribution in [0.3, 0.4) is 0 Å². The number of benzene rings is 4. The van der Waals surface area contributed by atoms with E-state index in [9.17, 15) is 4.79 Å². The zero-order chi connectivity index (χ0) is 24.0. The molecule has 1 saturated heterocycles. The van der Waals surface area contributed by atoms with E-state index in [0.29, 0.717) is 5.75 Å². The third-order valence-corrected chi connectivity index (χ3v) is 8.40. The van der Waals surface area contributed by atoms with Gasteiger partial charge < -0.3 is 9.47 Å². The molecule has 1 fully saturated rings. The Hall–Kier alpha value is -3.35. The van der Waals surface area contributed by atoms with Crippen molar-refractivity contribution in [1.82, 2.24) is 0 Å². The number of para-hydroxylation sites is 1. The summed E-state index contributed by atoms with van der Waals surface area (Å²) in [5.41, 5.74) is 0.834. The number of rotatable bonds is 9. The Balaban J connectivity index is 1.51. The van der Waals surface area contributed by atoms with Crippen LogP contribution in [0.15, 0.2) is 125 Å². The molecule has 2 atom stereocenters. The maximum atomic E-state index is 13.5. The largest absolute Gasteiger partial charge is 0.497 e. The van der Waals surface area contributed by atoms with Gasteiger partial charge in [-0.15, -0.1) is 23.5 Å². The van der Waals surface area contributed by atoms with Crippen molar-refractivity contribution in [2.45, 2.75) is 26.5 Å². The van der Waals surface area contributed by atoms with E-state index in [2.05, 4.69) is 24.3 Å². The van der Waals surface area contributed by atoms with Crippen molar-refractivity contribution in [2.75, 3.05) is 12.0 Å². The highest BCUT2D eigenvalue weighted by Crippen LogP contribution is 2.45. The predicted molar refractivity (Wildman–Crippen MR) is 144 cm³/mol. The number of amides is 1. The van der Waals surface area contributed by atoms with Gasteiger partial charge in [-0.25, -0.2) is 0 Å². The molecule has 0 spiro atoms. The van der Waals surface area contributed by atoms with Crippen molar-refractivity contribution in [3.63, 3.8) is 0 Å². The fraction of sp³-hybridized carbons (Fsp3) is 0.138. The van der Waals surface area contributed by atoms with Crippen LogP contribution in [0.25, 0.3) is 0 Å². The lowest BCUT2D eigenvalue weighted by atomic mass is 9.97. The number of hydrogen-bond acceptors (Lipinski definition) is 5. The van der Waals surface area contributed by atoms with Crippen LogP contribution in [0.1, 0.15) is 0 Å². The topological polar surface area (TPSA) is 38.8 Å². The number of ether oxygens (including phenoxy) is 2. The number of β-lactam (4-membered cyclic amide) rings is 1. The van der Waals surface area contributed by atoms with Gasteiger partial charge in [0.2, 0.25) is 0 Å². The number of methoxy groups -OCH3 is 1. The molecule has 6 heteroatoms. The number of thioether (sulfide) groups is 2. The molecular formula is C29H25NO3S2. The van der Waals surface area contributed by atoms with Crippen LogP contribution >= 0.6 is 23.5 Å². The smallest absolute Gasteiger partial charge is 0.270 e. The number of anilines is 1. The molecule has 1 aliphatic rings. The van der Waals surface area contributed by atoms with Crippen molar-refractivity contribution in [2.24, 2.45) is 0 Å². The van der Waals surface area contributed by atoms with E-state index in [-0.39, 0.29) is 16.5 Å².